The zero-order valence-corrected chi connectivity index (χ0v) is 25.3. The highest BCUT2D eigenvalue weighted by Gasteiger charge is 2.52. The number of furan rings is 1. The maximum atomic E-state index is 13.7. The Bertz CT molecular complexity index is 1560. The molecule has 0 radical (unpaired) electrons. The number of hydrogen-bond acceptors (Lipinski definition) is 15. The van der Waals surface area contributed by atoms with Crippen molar-refractivity contribution in [3.8, 4) is 5.75 Å². The predicted octanol–water partition coefficient (Wildman–Crippen LogP) is 0.963. The molecular weight excluding hydrogens is 619 g/mol. The van der Waals surface area contributed by atoms with E-state index in [4.69, 9.17) is 32.5 Å². The normalized spacial score (nSPS) is 26.3. The fourth-order valence-corrected chi connectivity index (χ4v) is 6.20. The number of aliphatic hydroxyl groups excluding tert-OH is 2. The fourth-order valence-electron chi connectivity index (χ4n) is 4.79. The van der Waals surface area contributed by atoms with Gasteiger partial charge in [-0.05, 0) is 44.4 Å². The molecule has 17 nitrogen and oxygen atoms in total. The summed E-state index contributed by atoms with van der Waals surface area (Å²) in [5, 5.41) is 35.3. The molecule has 0 saturated carbocycles. The summed E-state index contributed by atoms with van der Waals surface area (Å²) in [5.41, 5.74) is 1.35. The Kier molecular flexibility index (Phi) is 10.3. The molecule has 1 amide bonds. The van der Waals surface area contributed by atoms with Crippen LogP contribution < -0.4 is 20.8 Å². The maximum absolute atomic E-state index is 13.7. The Morgan fingerprint density at radius 3 is 2.78 bits per heavy atom. The predicted molar refractivity (Wildman–Crippen MR) is 152 cm³/mol. The van der Waals surface area contributed by atoms with E-state index in [1.807, 2.05) is 0 Å². The molecule has 2 aromatic heterocycles. The minimum Gasteiger partial charge on any atom is -0.440 e. The van der Waals surface area contributed by atoms with Crippen LogP contribution in [0.25, 0.3) is 11.1 Å². The van der Waals surface area contributed by atoms with Gasteiger partial charge in [-0.2, -0.15) is 10.5 Å². The second-order valence-electron chi connectivity index (χ2n) is 10.5. The number of nitrogens with zero attached hydrogens (tertiary/aromatic N) is 2. The molecule has 1 aromatic carbocycles. The standard InChI is InChI=1S/C27H35N4O13P/c1-16(29-38-2)23(33)30-45(37,43-18-8-4-3-5-9-18)44-25(34)22-20(32)13-27(36,42-22)31-14-17-12-19(41-24(17)28-26(31)35)15-40-21-10-6-7-11-39-21/h3-5,8-9,12,14,16,20-22,25,29,32,34,36H,6-7,10-11,13,15H2,1-2H3,(H,30,33,37)/t16-,20-,21?,22-,25?,27-,45?/m0/s1. The van der Waals surface area contributed by atoms with E-state index in [0.717, 1.165) is 23.8 Å². The van der Waals surface area contributed by atoms with Crippen molar-refractivity contribution in [2.75, 3.05) is 13.7 Å². The first kappa shape index (κ1) is 33.2. The van der Waals surface area contributed by atoms with Crippen molar-refractivity contribution >= 4 is 24.8 Å². The second-order valence-corrected chi connectivity index (χ2v) is 12.1. The van der Waals surface area contributed by atoms with Gasteiger partial charge in [0.25, 0.3) is 5.91 Å². The zero-order chi connectivity index (χ0) is 32.2. The topological polar surface area (TPSA) is 222 Å². The Hall–Kier alpha value is -3.22. The van der Waals surface area contributed by atoms with Crippen molar-refractivity contribution < 1.29 is 57.2 Å². The average Bonchev–Trinajstić information content (AvgIpc) is 3.55. The number of hydroxylamine groups is 1. The van der Waals surface area contributed by atoms with Gasteiger partial charge in [-0.25, -0.2) is 18.5 Å². The van der Waals surface area contributed by atoms with E-state index < -0.39 is 56.2 Å². The highest BCUT2D eigenvalue weighted by molar-refractivity contribution is 7.52. The van der Waals surface area contributed by atoms with Gasteiger partial charge in [0.2, 0.25) is 11.6 Å². The summed E-state index contributed by atoms with van der Waals surface area (Å²) >= 11 is 0. The van der Waals surface area contributed by atoms with Crippen molar-refractivity contribution in [1.29, 1.82) is 0 Å². The van der Waals surface area contributed by atoms with E-state index in [1.54, 1.807) is 24.3 Å². The highest BCUT2D eigenvalue weighted by Crippen LogP contribution is 2.47. The molecule has 2 aliphatic rings. The summed E-state index contributed by atoms with van der Waals surface area (Å²) in [7, 11) is -3.44. The van der Waals surface area contributed by atoms with Crippen molar-refractivity contribution in [1.82, 2.24) is 20.1 Å². The van der Waals surface area contributed by atoms with Crippen LogP contribution in [0.2, 0.25) is 0 Å². The lowest BCUT2D eigenvalue weighted by molar-refractivity contribution is -0.280. The molecular formula is C27H35N4O13P. The Balaban J connectivity index is 1.31. The van der Waals surface area contributed by atoms with E-state index in [-0.39, 0.29) is 24.4 Å². The number of nitrogens with one attached hydrogen (secondary N) is 2. The van der Waals surface area contributed by atoms with Gasteiger partial charge in [-0.3, -0.25) is 9.88 Å². The van der Waals surface area contributed by atoms with Crippen molar-refractivity contribution in [2.24, 2.45) is 0 Å². The molecule has 0 spiro atoms. The molecule has 0 aliphatic carbocycles. The van der Waals surface area contributed by atoms with Crippen LogP contribution in [0.15, 0.2) is 51.8 Å². The molecule has 0 bridgehead atoms. The van der Waals surface area contributed by atoms with Crippen LogP contribution in [-0.2, 0) is 45.4 Å². The molecule has 2 aliphatic heterocycles. The zero-order valence-electron chi connectivity index (χ0n) is 24.4. The Morgan fingerprint density at radius 1 is 1.29 bits per heavy atom. The van der Waals surface area contributed by atoms with Gasteiger partial charge < -0.3 is 43.3 Å². The van der Waals surface area contributed by atoms with E-state index in [2.05, 4.69) is 15.6 Å². The van der Waals surface area contributed by atoms with E-state index in [0.29, 0.717) is 17.8 Å². The first-order chi connectivity index (χ1) is 21.5. The first-order valence-corrected chi connectivity index (χ1v) is 15.7. The molecule has 2 saturated heterocycles. The number of carbonyl (C=O) groups excluding carboxylic acids is 1. The number of amides is 1. The van der Waals surface area contributed by atoms with Crippen molar-refractivity contribution in [3.05, 3.63) is 58.8 Å². The minimum atomic E-state index is -4.71. The van der Waals surface area contributed by atoms with E-state index in [1.165, 1.54) is 32.4 Å². The van der Waals surface area contributed by atoms with Gasteiger partial charge in [-0.1, -0.05) is 18.2 Å². The second kappa shape index (κ2) is 14.0. The van der Waals surface area contributed by atoms with Gasteiger partial charge in [0.05, 0.1) is 25.0 Å². The third-order valence-electron chi connectivity index (χ3n) is 7.00. The van der Waals surface area contributed by atoms with Crippen LogP contribution in [0.3, 0.4) is 0 Å². The number of rotatable bonds is 13. The average molecular weight is 655 g/mol. The fraction of sp³-hybridized carbons (Fsp3) is 0.519. The lowest BCUT2D eigenvalue weighted by Crippen LogP contribution is -2.44. The molecule has 2 fully saturated rings. The van der Waals surface area contributed by atoms with Gasteiger partial charge in [-0.15, -0.1) is 0 Å². The first-order valence-electron chi connectivity index (χ1n) is 14.1. The third-order valence-corrected chi connectivity index (χ3v) is 8.44. The monoisotopic (exact) mass is 654 g/mol. The maximum Gasteiger partial charge on any atom is 0.491 e. The number of para-hydroxylation sites is 1. The number of fused-ring (bicyclic) bond motifs is 1. The van der Waals surface area contributed by atoms with Gasteiger partial charge in [0.15, 0.2) is 12.6 Å². The number of benzene rings is 1. The molecule has 7 atom stereocenters. The van der Waals surface area contributed by atoms with Crippen LogP contribution in [0.4, 0.5) is 0 Å². The van der Waals surface area contributed by atoms with Gasteiger partial charge >= 0.3 is 13.4 Å². The van der Waals surface area contributed by atoms with E-state index >= 15 is 0 Å². The van der Waals surface area contributed by atoms with Crippen LogP contribution >= 0.6 is 7.75 Å². The molecule has 5 N–H and O–H groups in total. The summed E-state index contributed by atoms with van der Waals surface area (Å²) in [4.78, 5) is 34.1. The summed E-state index contributed by atoms with van der Waals surface area (Å²) in [6.45, 7) is 2.06. The number of aliphatic hydroxyl groups is 3. The number of ether oxygens (including phenoxy) is 3. The molecule has 4 heterocycles. The highest BCUT2D eigenvalue weighted by atomic mass is 31.2. The molecule has 3 unspecified atom stereocenters. The molecule has 5 rings (SSSR count). The lowest BCUT2D eigenvalue weighted by atomic mass is 10.1. The van der Waals surface area contributed by atoms with Crippen LogP contribution in [0.5, 0.6) is 5.75 Å². The SMILES string of the molecule is CON[C@@H](C)C(=O)NP(=O)(Oc1ccccc1)OC(O)[C@H]1O[C@](O)(n2cc3cc(COC4CCCCO4)oc3nc2=O)C[C@@H]1O. The van der Waals surface area contributed by atoms with Crippen LogP contribution in [0.1, 0.15) is 38.4 Å². The molecule has 45 heavy (non-hydrogen) atoms. The molecule has 18 heteroatoms. The Labute approximate surface area is 256 Å². The largest absolute Gasteiger partial charge is 0.491 e. The van der Waals surface area contributed by atoms with Crippen LogP contribution in [0, 0.1) is 0 Å². The van der Waals surface area contributed by atoms with Gasteiger partial charge in [0.1, 0.15) is 30.3 Å². The molecule has 246 valence electrons. The van der Waals surface area contributed by atoms with E-state index in [9.17, 15) is 29.5 Å². The number of carbonyl (C=O) groups is 1. The summed E-state index contributed by atoms with van der Waals surface area (Å²) in [6, 6.07) is 8.20. The van der Waals surface area contributed by atoms with Gasteiger partial charge in [0, 0.05) is 12.8 Å². The smallest absolute Gasteiger partial charge is 0.440 e. The van der Waals surface area contributed by atoms with Crippen molar-refractivity contribution in [3.63, 3.8) is 0 Å². The molecule has 3 aromatic rings. The van der Waals surface area contributed by atoms with Crippen molar-refractivity contribution in [2.45, 2.75) is 76.0 Å². The number of hydrogen-bond donors (Lipinski definition) is 5. The summed E-state index contributed by atoms with van der Waals surface area (Å²) < 4.78 is 47.4. The van der Waals surface area contributed by atoms with Crippen LogP contribution in [-0.4, -0.2) is 75.3 Å². The lowest BCUT2D eigenvalue weighted by Gasteiger charge is -2.28. The third kappa shape index (κ3) is 7.96. The summed E-state index contributed by atoms with van der Waals surface area (Å²) in [6.07, 6.45) is -2.73. The quantitative estimate of drug-likeness (QED) is 0.0984. The summed E-state index contributed by atoms with van der Waals surface area (Å²) in [5.74, 6) is -3.01. The number of aromatic nitrogens is 2. The Morgan fingerprint density at radius 2 is 2.07 bits per heavy atom. The minimum absolute atomic E-state index is 0.0200.